The van der Waals surface area contributed by atoms with Crippen molar-refractivity contribution < 1.29 is 5.11 Å². The van der Waals surface area contributed by atoms with Gasteiger partial charge in [0.05, 0.1) is 29.4 Å². The van der Waals surface area contributed by atoms with Gasteiger partial charge in [-0.2, -0.15) is 0 Å². The van der Waals surface area contributed by atoms with Gasteiger partial charge in [-0.05, 0) is 48.2 Å². The summed E-state index contributed by atoms with van der Waals surface area (Å²) in [4.78, 5) is 14.5. The van der Waals surface area contributed by atoms with E-state index in [0.717, 1.165) is 33.2 Å². The number of aromatic nitrogens is 3. The molecule has 0 spiro atoms. The van der Waals surface area contributed by atoms with Gasteiger partial charge in [0.15, 0.2) is 0 Å². The van der Waals surface area contributed by atoms with E-state index in [1.807, 2.05) is 42.7 Å². The minimum atomic E-state index is -0.00909. The predicted molar refractivity (Wildman–Crippen MR) is 88.4 cm³/mol. The van der Waals surface area contributed by atoms with E-state index in [-0.39, 0.29) is 6.61 Å². The number of aliphatic hydroxyl groups is 1. The van der Waals surface area contributed by atoms with Crippen LogP contribution in [0.3, 0.4) is 0 Å². The summed E-state index contributed by atoms with van der Waals surface area (Å²) in [5.74, 6) is 0. The fraction of sp³-hybridized carbons (Fsp3) is 0.118. The topological polar surface area (TPSA) is 58.9 Å². The maximum atomic E-state index is 9.28. The van der Waals surface area contributed by atoms with Gasteiger partial charge in [-0.1, -0.05) is 6.07 Å². The van der Waals surface area contributed by atoms with Crippen LogP contribution in [0.4, 0.5) is 0 Å². The van der Waals surface area contributed by atoms with Crippen molar-refractivity contribution in [3.05, 3.63) is 60.4 Å². The molecule has 0 atom stereocenters. The number of rotatable bonds is 4. The average molecular weight is 309 g/mol. The lowest BCUT2D eigenvalue weighted by molar-refractivity contribution is 0.282. The first-order valence-corrected chi connectivity index (χ1v) is 8.06. The number of pyridine rings is 3. The molecule has 0 radical (unpaired) electrons. The predicted octanol–water partition coefficient (Wildman–Crippen LogP) is 3.42. The van der Waals surface area contributed by atoms with Crippen molar-refractivity contribution in [2.24, 2.45) is 0 Å². The smallest absolute Gasteiger partial charge is 0.0905 e. The zero-order valence-corrected chi connectivity index (χ0v) is 12.9. The lowest BCUT2D eigenvalue weighted by Crippen LogP contribution is -1.94. The van der Waals surface area contributed by atoms with Crippen molar-refractivity contribution in [3.8, 4) is 22.8 Å². The molecule has 0 bridgehead atoms. The Hall–Kier alpha value is -2.24. The van der Waals surface area contributed by atoms with Gasteiger partial charge >= 0.3 is 0 Å². The molecule has 3 heterocycles. The summed E-state index contributed by atoms with van der Waals surface area (Å²) in [5, 5.41) is 9.28. The molecule has 0 saturated carbocycles. The number of hydrogen-bond acceptors (Lipinski definition) is 5. The van der Waals surface area contributed by atoms with E-state index < -0.39 is 0 Å². The van der Waals surface area contributed by atoms with E-state index in [2.05, 4.69) is 15.0 Å². The van der Waals surface area contributed by atoms with Crippen molar-refractivity contribution in [3.63, 3.8) is 0 Å². The quantitative estimate of drug-likeness (QED) is 0.748. The van der Waals surface area contributed by atoms with Crippen molar-refractivity contribution >= 4 is 11.8 Å². The van der Waals surface area contributed by atoms with Crippen LogP contribution in [0.15, 0.2) is 59.8 Å². The summed E-state index contributed by atoms with van der Waals surface area (Å²) in [7, 11) is 0. The molecule has 0 saturated heterocycles. The molecule has 0 amide bonds. The standard InChI is InChI=1S/C17H15N3OS/c1-22-13-9-16(14-4-2-3-6-18-14)20-17(10-13)15-8-12(11-21)5-7-19-15/h2-10,21H,11H2,1H3. The van der Waals surface area contributed by atoms with Crippen molar-refractivity contribution in [1.82, 2.24) is 15.0 Å². The third kappa shape index (κ3) is 3.16. The molecule has 4 nitrogen and oxygen atoms in total. The molecule has 0 unspecified atom stereocenters. The van der Waals surface area contributed by atoms with Crippen LogP contribution in [-0.4, -0.2) is 26.3 Å². The van der Waals surface area contributed by atoms with Crippen molar-refractivity contribution in [2.75, 3.05) is 6.26 Å². The highest BCUT2D eigenvalue weighted by Crippen LogP contribution is 2.27. The largest absolute Gasteiger partial charge is 0.392 e. The molecule has 0 fully saturated rings. The van der Waals surface area contributed by atoms with Crippen molar-refractivity contribution in [2.45, 2.75) is 11.5 Å². The van der Waals surface area contributed by atoms with E-state index >= 15 is 0 Å². The SMILES string of the molecule is CSc1cc(-c2ccccn2)nc(-c2cc(CO)ccn2)c1. The van der Waals surface area contributed by atoms with Crippen LogP contribution in [0.1, 0.15) is 5.56 Å². The van der Waals surface area contributed by atoms with Gasteiger partial charge in [-0.15, -0.1) is 11.8 Å². The third-order valence-corrected chi connectivity index (χ3v) is 3.94. The van der Waals surface area contributed by atoms with E-state index in [1.54, 1.807) is 30.2 Å². The second kappa shape index (κ2) is 6.68. The fourth-order valence-electron chi connectivity index (χ4n) is 2.11. The third-order valence-electron chi connectivity index (χ3n) is 3.23. The maximum Gasteiger partial charge on any atom is 0.0905 e. The first kappa shape index (κ1) is 14.7. The second-order valence-corrected chi connectivity index (χ2v) is 5.58. The van der Waals surface area contributed by atoms with Crippen LogP contribution in [0.5, 0.6) is 0 Å². The highest BCUT2D eigenvalue weighted by atomic mass is 32.2. The van der Waals surface area contributed by atoms with E-state index in [0.29, 0.717) is 0 Å². The van der Waals surface area contributed by atoms with Gasteiger partial charge in [0.2, 0.25) is 0 Å². The Bertz CT molecular complexity index is 778. The molecular weight excluding hydrogens is 294 g/mol. The summed E-state index contributed by atoms with van der Waals surface area (Å²) >= 11 is 1.65. The molecule has 3 aromatic rings. The summed E-state index contributed by atoms with van der Waals surface area (Å²) in [6, 6.07) is 13.4. The molecule has 1 N–H and O–H groups in total. The summed E-state index contributed by atoms with van der Waals surface area (Å²) in [6.45, 7) is -0.00909. The normalized spacial score (nSPS) is 10.6. The minimum Gasteiger partial charge on any atom is -0.392 e. The van der Waals surface area contributed by atoms with Gasteiger partial charge in [-0.3, -0.25) is 9.97 Å². The first-order chi connectivity index (χ1) is 10.8. The number of thioether (sulfide) groups is 1. The van der Waals surface area contributed by atoms with Gasteiger partial charge in [0, 0.05) is 17.3 Å². The molecule has 22 heavy (non-hydrogen) atoms. The van der Waals surface area contributed by atoms with Crippen LogP contribution in [0.2, 0.25) is 0 Å². The van der Waals surface area contributed by atoms with Crippen molar-refractivity contribution in [1.29, 1.82) is 0 Å². The molecule has 0 aliphatic rings. The second-order valence-electron chi connectivity index (χ2n) is 4.70. The first-order valence-electron chi connectivity index (χ1n) is 6.84. The average Bonchev–Trinajstić information content (AvgIpc) is 2.62. The monoisotopic (exact) mass is 309 g/mol. The molecule has 5 heteroatoms. The van der Waals surface area contributed by atoms with Crippen LogP contribution in [-0.2, 0) is 6.61 Å². The van der Waals surface area contributed by atoms with Crippen LogP contribution >= 0.6 is 11.8 Å². The molecule has 3 aromatic heterocycles. The van der Waals surface area contributed by atoms with Crippen LogP contribution in [0.25, 0.3) is 22.8 Å². The Balaban J connectivity index is 2.11. The summed E-state index contributed by atoms with van der Waals surface area (Å²) in [6.07, 6.45) is 5.47. The summed E-state index contributed by atoms with van der Waals surface area (Å²) in [5.41, 5.74) is 4.00. The molecular formula is C17H15N3OS. The summed E-state index contributed by atoms with van der Waals surface area (Å²) < 4.78 is 0. The fourth-order valence-corrected chi connectivity index (χ4v) is 2.57. The highest BCUT2D eigenvalue weighted by Gasteiger charge is 2.09. The Morgan fingerprint density at radius 1 is 0.909 bits per heavy atom. The lowest BCUT2D eigenvalue weighted by Gasteiger charge is -2.08. The zero-order chi connectivity index (χ0) is 15.4. The lowest BCUT2D eigenvalue weighted by atomic mass is 10.1. The molecule has 0 aliphatic heterocycles. The van der Waals surface area contributed by atoms with Gasteiger partial charge in [-0.25, -0.2) is 4.98 Å². The number of hydrogen-bond donors (Lipinski definition) is 1. The van der Waals surface area contributed by atoms with Crippen LogP contribution in [0, 0.1) is 0 Å². The number of nitrogens with zero attached hydrogens (tertiary/aromatic N) is 3. The molecule has 0 aromatic carbocycles. The zero-order valence-electron chi connectivity index (χ0n) is 12.1. The Labute approximate surface area is 133 Å². The van der Waals surface area contributed by atoms with Gasteiger partial charge < -0.3 is 5.11 Å². The Morgan fingerprint density at radius 2 is 1.68 bits per heavy atom. The molecule has 3 rings (SSSR count). The Kier molecular flexibility index (Phi) is 4.46. The maximum absolute atomic E-state index is 9.28. The van der Waals surface area contributed by atoms with E-state index in [4.69, 9.17) is 0 Å². The highest BCUT2D eigenvalue weighted by molar-refractivity contribution is 7.98. The van der Waals surface area contributed by atoms with Gasteiger partial charge in [0.1, 0.15) is 0 Å². The Morgan fingerprint density at radius 3 is 2.36 bits per heavy atom. The molecule has 0 aliphatic carbocycles. The molecule has 110 valence electrons. The van der Waals surface area contributed by atoms with Crippen LogP contribution < -0.4 is 0 Å². The van der Waals surface area contributed by atoms with E-state index in [1.165, 1.54) is 0 Å². The van der Waals surface area contributed by atoms with E-state index in [9.17, 15) is 5.11 Å². The van der Waals surface area contributed by atoms with Gasteiger partial charge in [0.25, 0.3) is 0 Å². The minimum absolute atomic E-state index is 0.00909. The number of aliphatic hydroxyl groups excluding tert-OH is 1.